The molecule has 2 aromatic rings. The van der Waals surface area contributed by atoms with Crippen LogP contribution in [0.2, 0.25) is 0 Å². The SMILES string of the molecule is C=C[C@]1(COP(=O)(OCCSC(=O)C(C)(C)C)OCCSC(=O)C(C)(C)C)O[C@H](c2ccc3c(N)ccnn23)[C@H](F)[C@@H]1O. The topological polar surface area (TPSA) is 152 Å². The Balaban J connectivity index is 1.74. The second-order valence-corrected chi connectivity index (χ2v) is 15.9. The molecule has 15 heteroatoms. The van der Waals surface area contributed by atoms with E-state index >= 15 is 4.39 Å². The smallest absolute Gasteiger partial charge is 0.397 e. The number of aromatic nitrogens is 2. The van der Waals surface area contributed by atoms with Crippen LogP contribution >= 0.6 is 31.3 Å². The summed E-state index contributed by atoms with van der Waals surface area (Å²) in [6.07, 6.45) is -2.32. The molecule has 4 atom stereocenters. The summed E-state index contributed by atoms with van der Waals surface area (Å²) in [4.78, 5) is 24.5. The number of aliphatic hydroxyl groups excluding tert-OH is 1. The number of alkyl halides is 1. The number of fused-ring (bicyclic) bond motifs is 1. The first-order valence-corrected chi connectivity index (χ1v) is 17.1. The third-order valence-electron chi connectivity index (χ3n) is 6.50. The largest absolute Gasteiger partial charge is 0.474 e. The summed E-state index contributed by atoms with van der Waals surface area (Å²) in [6.45, 7) is 13.4. The van der Waals surface area contributed by atoms with E-state index < -0.39 is 49.2 Å². The molecule has 0 radical (unpaired) electrons. The number of nitrogens with two attached hydrogens (primary N) is 1. The molecule has 1 fully saturated rings. The van der Waals surface area contributed by atoms with E-state index in [-0.39, 0.29) is 35.0 Å². The number of ether oxygens (including phenoxy) is 1. The lowest BCUT2D eigenvalue weighted by molar-refractivity contribution is -0.118. The minimum absolute atomic E-state index is 0.0767. The van der Waals surface area contributed by atoms with Crippen molar-refractivity contribution in [1.82, 2.24) is 9.61 Å². The summed E-state index contributed by atoms with van der Waals surface area (Å²) in [6, 6.07) is 4.85. The van der Waals surface area contributed by atoms with Crippen LogP contribution in [-0.4, -0.2) is 74.2 Å². The molecular weight excluding hydrogens is 620 g/mol. The fourth-order valence-corrected chi connectivity index (χ4v) is 6.97. The van der Waals surface area contributed by atoms with E-state index in [0.717, 1.165) is 23.5 Å². The molecule has 3 N–H and O–H groups in total. The van der Waals surface area contributed by atoms with E-state index in [9.17, 15) is 19.3 Å². The zero-order valence-corrected chi connectivity index (χ0v) is 27.8. The van der Waals surface area contributed by atoms with E-state index in [1.165, 1.54) is 16.8 Å². The summed E-state index contributed by atoms with van der Waals surface area (Å²) in [5.41, 5.74) is 4.28. The van der Waals surface area contributed by atoms with Crippen molar-refractivity contribution in [2.45, 2.75) is 65.5 Å². The Morgan fingerprint density at radius 2 is 1.67 bits per heavy atom. The number of carbonyl (C=O) groups excluding carboxylic acids is 2. The molecule has 0 spiro atoms. The van der Waals surface area contributed by atoms with Crippen LogP contribution in [0.25, 0.3) is 5.52 Å². The summed E-state index contributed by atoms with van der Waals surface area (Å²) in [5, 5.41) is 15.0. The predicted octanol–water partition coefficient (Wildman–Crippen LogP) is 5.38. The van der Waals surface area contributed by atoms with Crippen molar-refractivity contribution < 1.29 is 42.0 Å². The Bertz CT molecular complexity index is 1320. The number of thioether (sulfide) groups is 2. The summed E-state index contributed by atoms with van der Waals surface area (Å²) in [7, 11) is -4.35. The van der Waals surface area contributed by atoms with Crippen molar-refractivity contribution in [3.05, 3.63) is 42.7 Å². The minimum atomic E-state index is -4.35. The van der Waals surface area contributed by atoms with E-state index in [4.69, 9.17) is 24.0 Å². The van der Waals surface area contributed by atoms with Crippen LogP contribution in [0, 0.1) is 10.8 Å². The summed E-state index contributed by atoms with van der Waals surface area (Å²) >= 11 is 2.03. The van der Waals surface area contributed by atoms with Gasteiger partial charge in [0.25, 0.3) is 0 Å². The van der Waals surface area contributed by atoms with Gasteiger partial charge in [0.2, 0.25) is 0 Å². The zero-order valence-electron chi connectivity index (χ0n) is 25.3. The highest BCUT2D eigenvalue weighted by atomic mass is 32.2. The first-order chi connectivity index (χ1) is 19.9. The first kappa shape index (κ1) is 35.7. The van der Waals surface area contributed by atoms with Crippen molar-refractivity contribution >= 4 is 52.8 Å². The number of hydrogen-bond acceptors (Lipinski definition) is 12. The molecule has 0 amide bonds. The van der Waals surface area contributed by atoms with Crippen LogP contribution in [0.5, 0.6) is 0 Å². The highest BCUT2D eigenvalue weighted by Crippen LogP contribution is 2.52. The lowest BCUT2D eigenvalue weighted by atomic mass is 9.96. The minimum Gasteiger partial charge on any atom is -0.397 e. The number of carbonyl (C=O) groups is 2. The van der Waals surface area contributed by atoms with Crippen LogP contribution in [-0.2, 0) is 32.5 Å². The molecule has 3 heterocycles. The third kappa shape index (κ3) is 8.70. The number of rotatable bonds is 13. The number of aliphatic hydroxyl groups is 1. The fraction of sp³-hybridized carbons (Fsp3) is 0.607. The van der Waals surface area contributed by atoms with Crippen LogP contribution in [0.1, 0.15) is 53.3 Å². The van der Waals surface area contributed by atoms with Gasteiger partial charge in [-0.05, 0) is 18.2 Å². The monoisotopic (exact) mass is 661 g/mol. The molecule has 0 saturated carbocycles. The van der Waals surface area contributed by atoms with Gasteiger partial charge >= 0.3 is 7.82 Å². The van der Waals surface area contributed by atoms with Gasteiger partial charge < -0.3 is 15.6 Å². The number of anilines is 1. The van der Waals surface area contributed by atoms with Crippen LogP contribution in [0.4, 0.5) is 10.1 Å². The molecule has 2 aromatic heterocycles. The van der Waals surface area contributed by atoms with Crippen molar-refractivity contribution in [2.24, 2.45) is 10.8 Å². The lowest BCUT2D eigenvalue weighted by Crippen LogP contribution is -2.44. The molecule has 1 aliphatic rings. The molecule has 0 aromatic carbocycles. The summed E-state index contributed by atoms with van der Waals surface area (Å²) < 4.78 is 53.3. The molecule has 43 heavy (non-hydrogen) atoms. The van der Waals surface area contributed by atoms with Gasteiger partial charge in [-0.25, -0.2) is 13.5 Å². The Kier molecular flexibility index (Phi) is 11.7. The molecule has 0 unspecified atom stereocenters. The van der Waals surface area contributed by atoms with E-state index in [1.807, 2.05) is 0 Å². The molecule has 240 valence electrons. The Morgan fingerprint density at radius 1 is 1.12 bits per heavy atom. The average molecular weight is 662 g/mol. The van der Waals surface area contributed by atoms with Gasteiger partial charge in [-0.2, -0.15) is 5.10 Å². The average Bonchev–Trinajstić information content (AvgIpc) is 3.47. The molecule has 1 aliphatic heterocycles. The van der Waals surface area contributed by atoms with Crippen LogP contribution in [0.15, 0.2) is 37.1 Å². The number of halogens is 1. The van der Waals surface area contributed by atoms with Crippen molar-refractivity contribution in [3.8, 4) is 0 Å². The number of nitrogen functional groups attached to an aromatic ring is 1. The van der Waals surface area contributed by atoms with Crippen molar-refractivity contribution in [1.29, 1.82) is 0 Å². The Labute approximate surface area is 260 Å². The zero-order chi connectivity index (χ0) is 32.2. The molecule has 0 aliphatic carbocycles. The van der Waals surface area contributed by atoms with Gasteiger partial charge in [-0.3, -0.25) is 23.2 Å². The van der Waals surface area contributed by atoms with E-state index in [0.29, 0.717) is 16.9 Å². The van der Waals surface area contributed by atoms with Gasteiger partial charge in [0.15, 0.2) is 16.4 Å². The Morgan fingerprint density at radius 3 is 2.19 bits per heavy atom. The van der Waals surface area contributed by atoms with Gasteiger partial charge in [-0.1, -0.05) is 71.1 Å². The highest BCUT2D eigenvalue weighted by molar-refractivity contribution is 8.14. The maximum Gasteiger partial charge on any atom is 0.474 e. The second-order valence-electron chi connectivity index (χ2n) is 12.1. The van der Waals surface area contributed by atoms with Crippen LogP contribution in [0.3, 0.4) is 0 Å². The summed E-state index contributed by atoms with van der Waals surface area (Å²) in [5.74, 6) is 0.337. The molecule has 3 rings (SSSR count). The maximum atomic E-state index is 15.6. The van der Waals surface area contributed by atoms with Crippen LogP contribution < -0.4 is 5.73 Å². The highest BCUT2D eigenvalue weighted by Gasteiger charge is 2.56. The van der Waals surface area contributed by atoms with Gasteiger partial charge in [0.05, 0.1) is 36.7 Å². The van der Waals surface area contributed by atoms with E-state index in [1.54, 1.807) is 59.7 Å². The normalized spacial score (nSPS) is 23.1. The first-order valence-electron chi connectivity index (χ1n) is 13.7. The fourth-order valence-electron chi connectivity index (χ4n) is 3.94. The second kappa shape index (κ2) is 14.1. The molecule has 11 nitrogen and oxygen atoms in total. The predicted molar refractivity (Wildman–Crippen MR) is 167 cm³/mol. The molecule has 0 bridgehead atoms. The number of phosphoric ester groups is 1. The number of nitrogens with zero attached hydrogens (tertiary/aromatic N) is 2. The number of hydrogen-bond donors (Lipinski definition) is 2. The third-order valence-corrected chi connectivity index (χ3v) is 10.4. The standard InChI is InChI=1S/C28H41FN3O8PS2/c1-8-28(23(33)21(29)22(40-28)20-10-9-19-18(30)11-12-31-32(19)20)17-39-41(36,37-13-15-42-24(34)26(2,3)4)38-14-16-43-25(35)27(5,6)7/h8-12,21-23,33H,1,13-17,30H2,2-7H3/t21-,22+,23-,28+/m0/s1. The number of phosphoric acid groups is 1. The van der Waals surface area contributed by atoms with Crippen molar-refractivity contribution in [3.63, 3.8) is 0 Å². The quantitative estimate of drug-likeness (QED) is 0.161. The van der Waals surface area contributed by atoms with Gasteiger partial charge in [0.1, 0.15) is 17.8 Å². The molecule has 1 saturated heterocycles. The van der Waals surface area contributed by atoms with E-state index in [2.05, 4.69) is 11.7 Å². The molecular formula is C28H41FN3O8PS2. The van der Waals surface area contributed by atoms with Gasteiger partial charge in [-0.15, -0.1) is 6.58 Å². The van der Waals surface area contributed by atoms with Crippen molar-refractivity contribution in [2.75, 3.05) is 37.1 Å². The van der Waals surface area contributed by atoms with Gasteiger partial charge in [0, 0.05) is 28.5 Å². The maximum absolute atomic E-state index is 15.6. The lowest BCUT2D eigenvalue weighted by Gasteiger charge is -2.29. The Hall–Kier alpha value is -1.77.